The number of anilines is 1. The lowest BCUT2D eigenvalue weighted by atomic mass is 10.1. The van der Waals surface area contributed by atoms with E-state index in [9.17, 15) is 9.90 Å². The lowest BCUT2D eigenvalue weighted by Crippen LogP contribution is -2.33. The largest absolute Gasteiger partial charge is 0.370 e. The summed E-state index contributed by atoms with van der Waals surface area (Å²) in [6, 6.07) is 6.48. The van der Waals surface area contributed by atoms with Gasteiger partial charge in [0, 0.05) is 11.3 Å². The molecule has 0 fully saturated rings. The van der Waals surface area contributed by atoms with Crippen LogP contribution in [0.5, 0.6) is 0 Å². The van der Waals surface area contributed by atoms with E-state index in [1.165, 1.54) is 6.92 Å². The minimum Gasteiger partial charge on any atom is -0.370 e. The van der Waals surface area contributed by atoms with Crippen LogP contribution in [0.3, 0.4) is 0 Å². The Morgan fingerprint density at radius 1 is 1.31 bits per heavy atom. The number of hydrogen-bond donors (Lipinski definition) is 2. The van der Waals surface area contributed by atoms with E-state index < -0.39 is 10.0 Å². The molecule has 1 atom stereocenters. The van der Waals surface area contributed by atoms with Crippen molar-refractivity contribution in [2.75, 3.05) is 5.32 Å². The summed E-state index contributed by atoms with van der Waals surface area (Å²) in [5.41, 5.74) is 1.14. The number of carbonyl (C=O) groups excluding carboxylic acids is 1. The molecule has 88 valence electrons. The molecule has 16 heavy (non-hydrogen) atoms. The van der Waals surface area contributed by atoms with Gasteiger partial charge in [0.25, 0.3) is 0 Å². The minimum absolute atomic E-state index is 0.0338. The molecule has 1 unspecified atom stereocenters. The molecule has 1 aromatic rings. The van der Waals surface area contributed by atoms with Crippen molar-refractivity contribution in [1.82, 2.24) is 0 Å². The Morgan fingerprint density at radius 2 is 1.81 bits per heavy atom. The molecular weight excluding hydrogens is 272 g/mol. The van der Waals surface area contributed by atoms with E-state index in [0.717, 1.165) is 0 Å². The Hall–Kier alpha value is -0.480. The van der Waals surface area contributed by atoms with Crippen LogP contribution in [0.4, 0.5) is 5.69 Å². The van der Waals surface area contributed by atoms with Crippen LogP contribution in [0, 0.1) is 0 Å². The third-order valence-electron chi connectivity index (χ3n) is 1.90. The van der Waals surface area contributed by atoms with Crippen molar-refractivity contribution in [2.24, 2.45) is 0 Å². The van der Waals surface area contributed by atoms with Crippen LogP contribution < -0.4 is 5.32 Å². The third kappa shape index (κ3) is 3.83. The molecule has 0 spiro atoms. The average Bonchev–Trinajstić information content (AvgIpc) is 2.17. The van der Waals surface area contributed by atoms with Crippen molar-refractivity contribution in [3.63, 3.8) is 0 Å². The molecule has 0 bridgehead atoms. The summed E-state index contributed by atoms with van der Waals surface area (Å²) in [6.45, 7) is 1.47. The van der Waals surface area contributed by atoms with Gasteiger partial charge in [0.1, 0.15) is 0 Å². The van der Waals surface area contributed by atoms with Gasteiger partial charge in [0.2, 0.25) is 3.79 Å². The summed E-state index contributed by atoms with van der Waals surface area (Å²) in [6.07, 6.45) is -1.32. The zero-order valence-electron chi connectivity index (χ0n) is 8.38. The number of rotatable bonds is 3. The maximum atomic E-state index is 11.0. The Balaban J connectivity index is 2.73. The number of ketones is 1. The van der Waals surface area contributed by atoms with Crippen molar-refractivity contribution in [3.05, 3.63) is 29.8 Å². The van der Waals surface area contributed by atoms with Crippen LogP contribution in [0.2, 0.25) is 0 Å². The van der Waals surface area contributed by atoms with Gasteiger partial charge < -0.3 is 10.4 Å². The van der Waals surface area contributed by atoms with Gasteiger partial charge in [-0.1, -0.05) is 34.8 Å². The number of hydrogen-bond acceptors (Lipinski definition) is 3. The lowest BCUT2D eigenvalue weighted by molar-refractivity contribution is 0.101. The van der Waals surface area contributed by atoms with E-state index >= 15 is 0 Å². The van der Waals surface area contributed by atoms with Crippen molar-refractivity contribution in [3.8, 4) is 0 Å². The van der Waals surface area contributed by atoms with Crippen molar-refractivity contribution in [2.45, 2.75) is 16.9 Å². The molecule has 1 aromatic carbocycles. The molecule has 6 heteroatoms. The van der Waals surface area contributed by atoms with Crippen LogP contribution in [0.1, 0.15) is 17.3 Å². The first-order valence-corrected chi connectivity index (χ1v) is 5.56. The smallest absolute Gasteiger partial charge is 0.234 e. The van der Waals surface area contributed by atoms with E-state index in [0.29, 0.717) is 11.3 Å². The summed E-state index contributed by atoms with van der Waals surface area (Å²) >= 11 is 16.4. The van der Waals surface area contributed by atoms with Gasteiger partial charge in [0.05, 0.1) is 0 Å². The number of alkyl halides is 3. The first kappa shape index (κ1) is 13.6. The maximum Gasteiger partial charge on any atom is 0.234 e. The highest BCUT2D eigenvalue weighted by Crippen LogP contribution is 2.30. The number of aliphatic hydroxyl groups is 1. The first-order valence-electron chi connectivity index (χ1n) is 4.43. The predicted molar refractivity (Wildman–Crippen MR) is 66.4 cm³/mol. The molecule has 0 radical (unpaired) electrons. The normalized spacial score (nSPS) is 13.3. The fourth-order valence-corrected chi connectivity index (χ4v) is 1.20. The van der Waals surface area contributed by atoms with Crippen molar-refractivity contribution >= 4 is 46.3 Å². The molecule has 0 aromatic heterocycles. The van der Waals surface area contributed by atoms with Gasteiger partial charge in [-0.2, -0.15) is 0 Å². The minimum atomic E-state index is -1.81. The number of aliphatic hydroxyl groups excluding tert-OH is 1. The Bertz CT molecular complexity index is 373. The van der Waals surface area contributed by atoms with Gasteiger partial charge >= 0.3 is 0 Å². The number of nitrogens with one attached hydrogen (secondary N) is 1. The van der Waals surface area contributed by atoms with Crippen LogP contribution in [0.15, 0.2) is 24.3 Å². The molecular formula is C10H10Cl3NO2. The van der Waals surface area contributed by atoms with Gasteiger partial charge in [-0.05, 0) is 31.2 Å². The highest BCUT2D eigenvalue weighted by Gasteiger charge is 2.30. The summed E-state index contributed by atoms with van der Waals surface area (Å²) in [5.74, 6) is -0.0338. The van der Waals surface area contributed by atoms with E-state index in [-0.39, 0.29) is 5.78 Å². The average molecular weight is 283 g/mol. The molecule has 1 rings (SSSR count). The molecule has 0 aliphatic carbocycles. The second kappa shape index (κ2) is 5.23. The van der Waals surface area contributed by atoms with Gasteiger partial charge in [0.15, 0.2) is 12.0 Å². The zero-order chi connectivity index (χ0) is 12.3. The van der Waals surface area contributed by atoms with Crippen LogP contribution >= 0.6 is 34.8 Å². The Kier molecular flexibility index (Phi) is 4.44. The Labute approximate surface area is 108 Å². The van der Waals surface area contributed by atoms with Crippen LogP contribution in [-0.4, -0.2) is 20.9 Å². The first-order chi connectivity index (χ1) is 7.30. The molecule has 0 heterocycles. The maximum absolute atomic E-state index is 11.0. The summed E-state index contributed by atoms with van der Waals surface area (Å²) < 4.78 is -1.81. The number of benzene rings is 1. The second-order valence-corrected chi connectivity index (χ2v) is 5.59. The highest BCUT2D eigenvalue weighted by molar-refractivity contribution is 6.68. The monoisotopic (exact) mass is 281 g/mol. The van der Waals surface area contributed by atoms with Gasteiger partial charge in [-0.25, -0.2) is 0 Å². The standard InChI is InChI=1S/C10H10Cl3NO2/c1-6(15)7-2-4-8(5-3-7)14-9(16)10(11,12)13/h2-5,9,14,16H,1H3. The number of carbonyl (C=O) groups is 1. The quantitative estimate of drug-likeness (QED) is 0.509. The Morgan fingerprint density at radius 3 is 2.19 bits per heavy atom. The van der Waals surface area contributed by atoms with E-state index in [1.54, 1.807) is 24.3 Å². The molecule has 0 aliphatic heterocycles. The van der Waals surface area contributed by atoms with Crippen molar-refractivity contribution in [1.29, 1.82) is 0 Å². The number of halogens is 3. The fraction of sp³-hybridized carbons (Fsp3) is 0.300. The zero-order valence-corrected chi connectivity index (χ0v) is 10.6. The van der Waals surface area contributed by atoms with E-state index in [1.807, 2.05) is 0 Å². The lowest BCUT2D eigenvalue weighted by Gasteiger charge is -2.21. The molecule has 0 saturated heterocycles. The van der Waals surface area contributed by atoms with E-state index in [4.69, 9.17) is 34.8 Å². The summed E-state index contributed by atoms with van der Waals surface area (Å²) in [4.78, 5) is 11.0. The van der Waals surface area contributed by atoms with E-state index in [2.05, 4.69) is 5.32 Å². The number of Topliss-reactive ketones (excluding diaryl/α,β-unsaturated/α-hetero) is 1. The molecule has 0 aliphatic rings. The van der Waals surface area contributed by atoms with Gasteiger partial charge in [-0.15, -0.1) is 0 Å². The molecule has 0 amide bonds. The highest BCUT2D eigenvalue weighted by atomic mass is 35.6. The molecule has 2 N–H and O–H groups in total. The van der Waals surface area contributed by atoms with Gasteiger partial charge in [-0.3, -0.25) is 4.79 Å². The predicted octanol–water partition coefficient (Wildman–Crippen LogP) is 2.99. The van der Waals surface area contributed by atoms with Crippen LogP contribution in [0.25, 0.3) is 0 Å². The summed E-state index contributed by atoms with van der Waals surface area (Å²) in [5, 5.41) is 12.0. The van der Waals surface area contributed by atoms with Crippen molar-refractivity contribution < 1.29 is 9.90 Å². The second-order valence-electron chi connectivity index (χ2n) is 3.22. The summed E-state index contributed by atoms with van der Waals surface area (Å²) in [7, 11) is 0. The molecule has 3 nitrogen and oxygen atoms in total. The fourth-order valence-electron chi connectivity index (χ4n) is 1.04. The van der Waals surface area contributed by atoms with Crippen LogP contribution in [-0.2, 0) is 0 Å². The third-order valence-corrected chi connectivity index (χ3v) is 2.52. The topological polar surface area (TPSA) is 49.3 Å². The molecule has 0 saturated carbocycles. The SMILES string of the molecule is CC(=O)c1ccc(NC(O)C(Cl)(Cl)Cl)cc1.